The van der Waals surface area contributed by atoms with Gasteiger partial charge in [-0.1, -0.05) is 0 Å². The Morgan fingerprint density at radius 2 is 1.63 bits per heavy atom. The fraction of sp³-hybridized carbons (Fsp3) is 0.143. The van der Waals surface area contributed by atoms with Crippen LogP contribution in [0.2, 0.25) is 0 Å². The minimum absolute atomic E-state index is 0.133. The van der Waals surface area contributed by atoms with Gasteiger partial charge in [0, 0.05) is 34.1 Å². The molecule has 0 aliphatic carbocycles. The van der Waals surface area contributed by atoms with Crippen LogP contribution in [0.25, 0.3) is 0 Å². The molecule has 0 saturated carbocycles. The van der Waals surface area contributed by atoms with E-state index in [9.17, 15) is 4.79 Å². The molecule has 0 fully saturated rings. The summed E-state index contributed by atoms with van der Waals surface area (Å²) in [7, 11) is 3.09. The molecule has 0 unspecified atom stereocenters. The summed E-state index contributed by atoms with van der Waals surface area (Å²) in [6.45, 7) is 0. The molecule has 2 rings (SSSR count). The van der Waals surface area contributed by atoms with Gasteiger partial charge in [-0.2, -0.15) is 0 Å². The third kappa shape index (κ3) is 3.12. The van der Waals surface area contributed by atoms with Crippen molar-refractivity contribution in [3.8, 4) is 11.5 Å². The lowest BCUT2D eigenvalue weighted by Crippen LogP contribution is -2.03. The molecule has 0 aliphatic heterocycles. The van der Waals surface area contributed by atoms with Gasteiger partial charge in [-0.15, -0.1) is 0 Å². The van der Waals surface area contributed by atoms with E-state index in [1.807, 2.05) is 0 Å². The highest BCUT2D eigenvalue weighted by atomic mass is 79.9. The second kappa shape index (κ2) is 5.84. The van der Waals surface area contributed by atoms with Crippen molar-refractivity contribution in [1.82, 2.24) is 4.98 Å². The molecule has 2 aromatic rings. The van der Waals surface area contributed by atoms with Crippen LogP contribution in [0.4, 0.5) is 0 Å². The number of methoxy groups -OCH3 is 2. The fourth-order valence-electron chi connectivity index (χ4n) is 1.64. The largest absolute Gasteiger partial charge is 0.497 e. The van der Waals surface area contributed by atoms with Gasteiger partial charge in [-0.25, -0.2) is 0 Å². The Bertz CT molecular complexity index is 591. The van der Waals surface area contributed by atoms with E-state index in [1.165, 1.54) is 6.20 Å². The number of carbonyl (C=O) groups is 1. The maximum Gasteiger partial charge on any atom is 0.194 e. The SMILES string of the molecule is COc1cc(OC)cc(C(=O)c2cncc(Br)c2)c1. The van der Waals surface area contributed by atoms with Crippen LogP contribution in [0.3, 0.4) is 0 Å². The van der Waals surface area contributed by atoms with E-state index < -0.39 is 0 Å². The van der Waals surface area contributed by atoms with Crippen LogP contribution in [0, 0.1) is 0 Å². The molecule has 0 aliphatic rings. The summed E-state index contributed by atoms with van der Waals surface area (Å²) >= 11 is 3.30. The number of nitrogens with zero attached hydrogens (tertiary/aromatic N) is 1. The van der Waals surface area contributed by atoms with Crippen LogP contribution in [-0.2, 0) is 0 Å². The first-order chi connectivity index (χ1) is 9.13. The van der Waals surface area contributed by atoms with Crippen LogP contribution in [0.1, 0.15) is 15.9 Å². The smallest absolute Gasteiger partial charge is 0.194 e. The molecule has 1 aromatic carbocycles. The van der Waals surface area contributed by atoms with Gasteiger partial charge in [0.15, 0.2) is 5.78 Å². The molecule has 19 heavy (non-hydrogen) atoms. The summed E-state index contributed by atoms with van der Waals surface area (Å²) in [5.41, 5.74) is 1.00. The zero-order valence-corrected chi connectivity index (χ0v) is 12.1. The first kappa shape index (κ1) is 13.5. The van der Waals surface area contributed by atoms with Crippen molar-refractivity contribution in [3.05, 3.63) is 52.3 Å². The Hall–Kier alpha value is -1.88. The Kier molecular flexibility index (Phi) is 4.16. The number of aromatic nitrogens is 1. The second-order valence-corrected chi connectivity index (χ2v) is 4.74. The molecule has 0 bridgehead atoms. The van der Waals surface area contributed by atoms with Gasteiger partial charge < -0.3 is 9.47 Å². The summed E-state index contributed by atoms with van der Waals surface area (Å²) in [6.07, 6.45) is 3.15. The number of rotatable bonds is 4. The maximum absolute atomic E-state index is 12.4. The quantitative estimate of drug-likeness (QED) is 0.812. The molecule has 1 heterocycles. The number of hydrogen-bond acceptors (Lipinski definition) is 4. The average Bonchev–Trinajstić information content (AvgIpc) is 2.45. The molecular formula is C14H12BrNO3. The summed E-state index contributed by atoms with van der Waals surface area (Å²) in [4.78, 5) is 16.3. The number of carbonyl (C=O) groups excluding carboxylic acids is 1. The molecule has 1 aromatic heterocycles. The van der Waals surface area contributed by atoms with Crippen molar-refractivity contribution < 1.29 is 14.3 Å². The van der Waals surface area contributed by atoms with E-state index in [0.29, 0.717) is 22.6 Å². The van der Waals surface area contributed by atoms with E-state index in [0.717, 1.165) is 4.47 Å². The fourth-order valence-corrected chi connectivity index (χ4v) is 2.01. The Morgan fingerprint density at radius 3 is 2.16 bits per heavy atom. The summed E-state index contributed by atoms with van der Waals surface area (Å²) in [5.74, 6) is 1.02. The second-order valence-electron chi connectivity index (χ2n) is 3.82. The van der Waals surface area contributed by atoms with Gasteiger partial charge >= 0.3 is 0 Å². The number of hydrogen-bond donors (Lipinski definition) is 0. The normalized spacial score (nSPS) is 10.1. The highest BCUT2D eigenvalue weighted by Gasteiger charge is 2.13. The van der Waals surface area contributed by atoms with Crippen LogP contribution in [0.5, 0.6) is 11.5 Å². The molecule has 98 valence electrons. The number of benzene rings is 1. The third-order valence-electron chi connectivity index (χ3n) is 2.58. The van der Waals surface area contributed by atoms with Crippen LogP contribution in [0.15, 0.2) is 41.1 Å². The summed E-state index contributed by atoms with van der Waals surface area (Å²) < 4.78 is 11.1. The predicted molar refractivity (Wildman–Crippen MR) is 74.9 cm³/mol. The molecular weight excluding hydrogens is 310 g/mol. The topological polar surface area (TPSA) is 48.4 Å². The van der Waals surface area contributed by atoms with E-state index in [2.05, 4.69) is 20.9 Å². The van der Waals surface area contributed by atoms with Crippen molar-refractivity contribution in [3.63, 3.8) is 0 Å². The molecule has 5 heteroatoms. The Balaban J connectivity index is 2.43. The molecule has 0 saturated heterocycles. The Labute approximate surface area is 119 Å². The molecule has 4 nitrogen and oxygen atoms in total. The monoisotopic (exact) mass is 321 g/mol. The van der Waals surface area contributed by atoms with Crippen LogP contribution < -0.4 is 9.47 Å². The minimum Gasteiger partial charge on any atom is -0.497 e. The zero-order chi connectivity index (χ0) is 13.8. The number of ether oxygens (including phenoxy) is 2. The zero-order valence-electron chi connectivity index (χ0n) is 10.5. The number of halogens is 1. The van der Waals surface area contributed by atoms with Crippen molar-refractivity contribution >= 4 is 21.7 Å². The standard InChI is InChI=1S/C14H12BrNO3/c1-18-12-4-9(5-13(6-12)19-2)14(17)10-3-11(15)8-16-7-10/h3-8H,1-2H3. The minimum atomic E-state index is -0.133. The van der Waals surface area contributed by atoms with Gasteiger partial charge in [-0.3, -0.25) is 9.78 Å². The van der Waals surface area contributed by atoms with E-state index in [4.69, 9.17) is 9.47 Å². The van der Waals surface area contributed by atoms with Crippen molar-refractivity contribution in [2.75, 3.05) is 14.2 Å². The van der Waals surface area contributed by atoms with E-state index in [1.54, 1.807) is 44.7 Å². The van der Waals surface area contributed by atoms with E-state index >= 15 is 0 Å². The molecule has 0 radical (unpaired) electrons. The summed E-state index contributed by atoms with van der Waals surface area (Å²) in [6, 6.07) is 6.79. The lowest BCUT2D eigenvalue weighted by Gasteiger charge is -2.08. The lowest BCUT2D eigenvalue weighted by atomic mass is 10.0. The Morgan fingerprint density at radius 1 is 1.00 bits per heavy atom. The van der Waals surface area contributed by atoms with E-state index in [-0.39, 0.29) is 5.78 Å². The van der Waals surface area contributed by atoms with Crippen molar-refractivity contribution in [2.24, 2.45) is 0 Å². The first-order valence-electron chi connectivity index (χ1n) is 5.52. The average molecular weight is 322 g/mol. The highest BCUT2D eigenvalue weighted by Crippen LogP contribution is 2.24. The van der Waals surface area contributed by atoms with Gasteiger partial charge in [0.1, 0.15) is 11.5 Å². The third-order valence-corrected chi connectivity index (χ3v) is 3.01. The van der Waals surface area contributed by atoms with Gasteiger partial charge in [0.2, 0.25) is 0 Å². The van der Waals surface area contributed by atoms with Gasteiger partial charge in [-0.05, 0) is 34.1 Å². The number of pyridine rings is 1. The lowest BCUT2D eigenvalue weighted by molar-refractivity contribution is 0.103. The number of ketones is 1. The van der Waals surface area contributed by atoms with Gasteiger partial charge in [0.05, 0.1) is 14.2 Å². The van der Waals surface area contributed by atoms with Crippen molar-refractivity contribution in [1.29, 1.82) is 0 Å². The molecule has 0 N–H and O–H groups in total. The predicted octanol–water partition coefficient (Wildman–Crippen LogP) is 3.09. The molecule has 0 spiro atoms. The maximum atomic E-state index is 12.4. The molecule has 0 amide bonds. The summed E-state index contributed by atoms with van der Waals surface area (Å²) in [5, 5.41) is 0. The first-order valence-corrected chi connectivity index (χ1v) is 6.31. The molecule has 0 atom stereocenters. The highest BCUT2D eigenvalue weighted by molar-refractivity contribution is 9.10. The van der Waals surface area contributed by atoms with Crippen LogP contribution >= 0.6 is 15.9 Å². The van der Waals surface area contributed by atoms with Crippen molar-refractivity contribution in [2.45, 2.75) is 0 Å². The van der Waals surface area contributed by atoms with Gasteiger partial charge in [0.25, 0.3) is 0 Å². The van der Waals surface area contributed by atoms with Crippen LogP contribution in [-0.4, -0.2) is 25.0 Å².